The van der Waals surface area contributed by atoms with Gasteiger partial charge in [-0.2, -0.15) is 0 Å². The number of benzene rings is 1. The number of sulfone groups is 1. The fraction of sp³-hybridized carbons (Fsp3) is 0.368. The van der Waals surface area contributed by atoms with E-state index in [1.54, 1.807) is 19.3 Å². The average molecular weight is 423 g/mol. The SMILES string of the molecule is CN=C(NCCS(=O)(=O)c1ccccc1F)NC1CCN(c2ncccc2F)C1. The lowest BCUT2D eigenvalue weighted by Gasteiger charge is -2.20. The highest BCUT2D eigenvalue weighted by Crippen LogP contribution is 2.20. The zero-order chi connectivity index (χ0) is 20.9. The first-order valence-electron chi connectivity index (χ1n) is 9.20. The predicted octanol–water partition coefficient (Wildman–Crippen LogP) is 1.58. The molecule has 1 unspecified atom stereocenters. The van der Waals surface area contributed by atoms with Crippen LogP contribution in [-0.4, -0.2) is 57.8 Å². The van der Waals surface area contributed by atoms with Crippen molar-refractivity contribution in [3.05, 3.63) is 54.2 Å². The van der Waals surface area contributed by atoms with Gasteiger partial charge in [0.1, 0.15) is 10.7 Å². The van der Waals surface area contributed by atoms with Gasteiger partial charge in [-0.15, -0.1) is 0 Å². The normalized spacial score (nSPS) is 17.4. The van der Waals surface area contributed by atoms with Gasteiger partial charge in [0.25, 0.3) is 0 Å². The van der Waals surface area contributed by atoms with Crippen LogP contribution in [0.25, 0.3) is 0 Å². The van der Waals surface area contributed by atoms with Crippen LogP contribution in [0.2, 0.25) is 0 Å². The predicted molar refractivity (Wildman–Crippen MR) is 108 cm³/mol. The van der Waals surface area contributed by atoms with Crippen molar-refractivity contribution in [2.24, 2.45) is 4.99 Å². The minimum atomic E-state index is -3.75. The molecule has 0 bridgehead atoms. The fourth-order valence-electron chi connectivity index (χ4n) is 3.18. The number of pyridine rings is 1. The number of hydrogen-bond acceptors (Lipinski definition) is 5. The van der Waals surface area contributed by atoms with Gasteiger partial charge in [-0.05, 0) is 30.7 Å². The van der Waals surface area contributed by atoms with Gasteiger partial charge in [0.15, 0.2) is 27.4 Å². The van der Waals surface area contributed by atoms with E-state index in [1.807, 2.05) is 4.90 Å². The summed E-state index contributed by atoms with van der Waals surface area (Å²) in [6.07, 6.45) is 2.31. The molecule has 0 spiro atoms. The third kappa shape index (κ3) is 5.20. The van der Waals surface area contributed by atoms with Crippen LogP contribution in [0.3, 0.4) is 0 Å². The largest absolute Gasteiger partial charge is 0.355 e. The first kappa shape index (κ1) is 21.0. The molecule has 1 fully saturated rings. The van der Waals surface area contributed by atoms with Crippen molar-refractivity contribution in [3.8, 4) is 0 Å². The Bertz CT molecular complexity index is 984. The van der Waals surface area contributed by atoms with Crippen LogP contribution in [0.5, 0.6) is 0 Å². The molecule has 7 nitrogen and oxygen atoms in total. The molecule has 1 saturated heterocycles. The van der Waals surface area contributed by atoms with Gasteiger partial charge in [0, 0.05) is 38.9 Å². The van der Waals surface area contributed by atoms with Crippen LogP contribution in [0.15, 0.2) is 52.5 Å². The standard InChI is InChI=1S/C19H23F2N5O2S/c1-22-19(24-10-12-29(27,28)17-7-3-2-5-15(17)20)25-14-8-11-26(13-14)18-16(21)6-4-9-23-18/h2-7,9,14H,8,10-13H2,1H3,(H2,22,24,25). The first-order valence-corrected chi connectivity index (χ1v) is 10.9. The van der Waals surface area contributed by atoms with E-state index in [0.717, 1.165) is 12.5 Å². The van der Waals surface area contributed by atoms with E-state index < -0.39 is 15.7 Å². The topological polar surface area (TPSA) is 86.7 Å². The van der Waals surface area contributed by atoms with Gasteiger partial charge in [-0.25, -0.2) is 22.2 Å². The summed E-state index contributed by atoms with van der Waals surface area (Å²) in [5, 5.41) is 6.14. The van der Waals surface area contributed by atoms with Gasteiger partial charge in [-0.3, -0.25) is 4.99 Å². The van der Waals surface area contributed by atoms with Crippen molar-refractivity contribution in [1.82, 2.24) is 15.6 Å². The zero-order valence-electron chi connectivity index (χ0n) is 16.0. The molecule has 1 aliphatic heterocycles. The summed E-state index contributed by atoms with van der Waals surface area (Å²) in [4.78, 5) is 9.72. The molecule has 0 amide bonds. The van der Waals surface area contributed by atoms with Crippen molar-refractivity contribution in [3.63, 3.8) is 0 Å². The monoisotopic (exact) mass is 423 g/mol. The molecule has 29 heavy (non-hydrogen) atoms. The third-order valence-electron chi connectivity index (χ3n) is 4.63. The molecule has 1 aliphatic rings. The molecule has 1 aromatic heterocycles. The number of aliphatic imine (C=N–C) groups is 1. The van der Waals surface area contributed by atoms with E-state index in [-0.39, 0.29) is 29.1 Å². The van der Waals surface area contributed by atoms with E-state index >= 15 is 0 Å². The van der Waals surface area contributed by atoms with Gasteiger partial charge in [0.2, 0.25) is 0 Å². The molecule has 0 aliphatic carbocycles. The number of hydrogen-bond donors (Lipinski definition) is 2. The Morgan fingerprint density at radius 2 is 2.00 bits per heavy atom. The first-order chi connectivity index (χ1) is 13.9. The summed E-state index contributed by atoms with van der Waals surface area (Å²) in [5.74, 6) is -0.653. The number of anilines is 1. The fourth-order valence-corrected chi connectivity index (χ4v) is 4.42. The second-order valence-electron chi connectivity index (χ2n) is 6.63. The van der Waals surface area contributed by atoms with Crippen LogP contribution < -0.4 is 15.5 Å². The van der Waals surface area contributed by atoms with Gasteiger partial charge in [0.05, 0.1) is 5.75 Å². The van der Waals surface area contributed by atoms with Crippen molar-refractivity contribution < 1.29 is 17.2 Å². The molecule has 0 radical (unpaired) electrons. The smallest absolute Gasteiger partial charge is 0.191 e. The Kier molecular flexibility index (Phi) is 6.63. The number of aromatic nitrogens is 1. The molecule has 3 rings (SSSR count). The molecule has 1 atom stereocenters. The van der Waals surface area contributed by atoms with E-state index in [9.17, 15) is 17.2 Å². The van der Waals surface area contributed by atoms with Crippen LogP contribution in [0, 0.1) is 11.6 Å². The van der Waals surface area contributed by atoms with E-state index in [0.29, 0.717) is 24.9 Å². The Labute approximate surface area is 168 Å². The molecular formula is C19H23F2N5O2S. The third-order valence-corrected chi connectivity index (χ3v) is 6.37. The number of nitrogens with zero attached hydrogens (tertiary/aromatic N) is 3. The molecule has 2 heterocycles. The summed E-state index contributed by atoms with van der Waals surface area (Å²) in [6, 6.07) is 8.23. The maximum absolute atomic E-state index is 13.9. The molecule has 10 heteroatoms. The minimum absolute atomic E-state index is 0.00535. The minimum Gasteiger partial charge on any atom is -0.355 e. The van der Waals surface area contributed by atoms with Crippen molar-refractivity contribution in [1.29, 1.82) is 0 Å². The van der Waals surface area contributed by atoms with Crippen LogP contribution in [-0.2, 0) is 9.84 Å². The van der Waals surface area contributed by atoms with Gasteiger partial charge < -0.3 is 15.5 Å². The second-order valence-corrected chi connectivity index (χ2v) is 8.71. The summed E-state index contributed by atoms with van der Waals surface area (Å²) in [5.41, 5.74) is 0. The maximum atomic E-state index is 13.9. The quantitative estimate of drug-likeness (QED) is 0.542. The van der Waals surface area contributed by atoms with Gasteiger partial charge >= 0.3 is 0 Å². The van der Waals surface area contributed by atoms with E-state index in [4.69, 9.17) is 0 Å². The highest BCUT2D eigenvalue weighted by molar-refractivity contribution is 7.91. The second kappa shape index (κ2) is 9.17. The molecule has 156 valence electrons. The van der Waals surface area contributed by atoms with Crippen molar-refractivity contribution in [2.45, 2.75) is 17.4 Å². The average Bonchev–Trinajstić information content (AvgIpc) is 3.16. The molecule has 2 aromatic rings. The maximum Gasteiger partial charge on any atom is 0.191 e. The summed E-state index contributed by atoms with van der Waals surface area (Å²) in [7, 11) is -2.17. The van der Waals surface area contributed by atoms with Crippen LogP contribution in [0.4, 0.5) is 14.6 Å². The lowest BCUT2D eigenvalue weighted by Crippen LogP contribution is -2.45. The van der Waals surface area contributed by atoms with Crippen molar-refractivity contribution >= 4 is 21.6 Å². The molecule has 2 N–H and O–H groups in total. The highest BCUT2D eigenvalue weighted by Gasteiger charge is 2.26. The molecule has 0 saturated carbocycles. The Hall–Kier alpha value is -2.75. The lowest BCUT2D eigenvalue weighted by molar-refractivity contribution is 0.566. The zero-order valence-corrected chi connectivity index (χ0v) is 16.8. The van der Waals surface area contributed by atoms with Crippen molar-refractivity contribution in [2.75, 3.05) is 37.3 Å². The summed E-state index contributed by atoms with van der Waals surface area (Å²) in [6.45, 7) is 1.26. The van der Waals surface area contributed by atoms with Gasteiger partial charge in [-0.1, -0.05) is 12.1 Å². The summed E-state index contributed by atoms with van der Waals surface area (Å²) >= 11 is 0. The Balaban J connectivity index is 1.52. The number of nitrogens with one attached hydrogen (secondary N) is 2. The summed E-state index contributed by atoms with van der Waals surface area (Å²) < 4.78 is 52.3. The Morgan fingerprint density at radius 3 is 2.72 bits per heavy atom. The van der Waals surface area contributed by atoms with Crippen LogP contribution >= 0.6 is 0 Å². The Morgan fingerprint density at radius 1 is 1.24 bits per heavy atom. The van der Waals surface area contributed by atoms with E-state index in [1.165, 1.54) is 24.3 Å². The number of guanidine groups is 1. The molecule has 1 aromatic carbocycles. The lowest BCUT2D eigenvalue weighted by atomic mass is 10.3. The molecular weight excluding hydrogens is 400 g/mol. The highest BCUT2D eigenvalue weighted by atomic mass is 32.2. The number of rotatable bonds is 6. The van der Waals surface area contributed by atoms with Crippen LogP contribution in [0.1, 0.15) is 6.42 Å². The van der Waals surface area contributed by atoms with E-state index in [2.05, 4.69) is 20.6 Å². The number of halogens is 2.